The molecule has 1 rings (SSSR count). The molecule has 2 heteroatoms. The second-order valence-corrected chi connectivity index (χ2v) is 2.58. The fourth-order valence-corrected chi connectivity index (χ4v) is 0.977. The first-order valence-electron chi connectivity index (χ1n) is 4.17. The number of esters is 1. The molecule has 2 nitrogen and oxygen atoms in total. The minimum Gasteiger partial charge on any atom is -0.423 e. The van der Waals surface area contributed by atoms with Gasteiger partial charge in [0.15, 0.2) is 0 Å². The Morgan fingerprint density at radius 1 is 1.31 bits per heavy atom. The fourth-order valence-electron chi connectivity index (χ4n) is 0.977. The molecule has 1 heterocycles. The van der Waals surface area contributed by atoms with E-state index in [0.29, 0.717) is 11.3 Å². The highest BCUT2D eigenvalue weighted by Gasteiger charge is 2.17. The maximum Gasteiger partial charge on any atom is 0.343 e. The molecule has 0 aliphatic carbocycles. The van der Waals surface area contributed by atoms with Crippen molar-refractivity contribution in [2.45, 2.75) is 13.8 Å². The molecule has 0 radical (unpaired) electrons. The molecule has 0 aromatic rings. The van der Waals surface area contributed by atoms with E-state index in [2.05, 4.69) is 0 Å². The van der Waals surface area contributed by atoms with Crippen molar-refractivity contribution in [1.82, 2.24) is 0 Å². The van der Waals surface area contributed by atoms with Gasteiger partial charge in [-0.15, -0.1) is 0 Å². The van der Waals surface area contributed by atoms with Crippen LogP contribution in [0.1, 0.15) is 13.8 Å². The van der Waals surface area contributed by atoms with Crippen molar-refractivity contribution in [2.75, 3.05) is 0 Å². The molecule has 68 valence electrons. The zero-order chi connectivity index (χ0) is 9.68. The molecule has 0 saturated heterocycles. The maximum absolute atomic E-state index is 11.1. The normalized spacial score (nSPS) is 20.3. The summed E-state index contributed by atoms with van der Waals surface area (Å²) in [4.78, 5) is 11.1. The molecule has 0 aromatic carbocycles. The lowest BCUT2D eigenvalue weighted by atomic mass is 10.2. The summed E-state index contributed by atoms with van der Waals surface area (Å²) in [5.74, 6) is 0.310. The zero-order valence-electron chi connectivity index (χ0n) is 7.78. The maximum atomic E-state index is 11.1. The van der Waals surface area contributed by atoms with E-state index in [9.17, 15) is 4.79 Å². The molecule has 13 heavy (non-hydrogen) atoms. The number of ether oxygens (including phenoxy) is 1. The van der Waals surface area contributed by atoms with Crippen LogP contribution in [-0.2, 0) is 9.53 Å². The third-order valence-electron chi connectivity index (χ3n) is 1.54. The van der Waals surface area contributed by atoms with Crippen molar-refractivity contribution in [1.29, 1.82) is 0 Å². The number of hydrogen-bond acceptors (Lipinski definition) is 2. The summed E-state index contributed by atoms with van der Waals surface area (Å²) in [5, 5.41) is 0. The molecular weight excluding hydrogens is 164 g/mol. The van der Waals surface area contributed by atoms with Crippen molar-refractivity contribution >= 4 is 5.97 Å². The first-order valence-corrected chi connectivity index (χ1v) is 4.17. The zero-order valence-corrected chi connectivity index (χ0v) is 7.78. The summed E-state index contributed by atoms with van der Waals surface area (Å²) in [6, 6.07) is 0. The predicted octanol–water partition coefficient (Wildman–Crippen LogP) is 2.51. The van der Waals surface area contributed by atoms with Gasteiger partial charge in [0, 0.05) is 0 Å². The molecule has 0 atom stereocenters. The van der Waals surface area contributed by atoms with Gasteiger partial charge in [0.1, 0.15) is 5.76 Å². The Hall–Kier alpha value is -1.57. The smallest absolute Gasteiger partial charge is 0.343 e. The summed E-state index contributed by atoms with van der Waals surface area (Å²) in [7, 11) is 0. The van der Waals surface area contributed by atoms with E-state index in [4.69, 9.17) is 4.74 Å². The van der Waals surface area contributed by atoms with Gasteiger partial charge in [-0.25, -0.2) is 4.79 Å². The number of carbonyl (C=O) groups excluding carboxylic acids is 1. The van der Waals surface area contributed by atoms with Crippen molar-refractivity contribution in [3.8, 4) is 0 Å². The highest BCUT2D eigenvalue weighted by molar-refractivity contribution is 5.95. The summed E-state index contributed by atoms with van der Waals surface area (Å²) in [5.41, 5.74) is 0.596. The average molecular weight is 176 g/mol. The molecule has 1 aliphatic rings. The molecule has 0 fully saturated rings. The molecule has 0 spiro atoms. The summed E-state index contributed by atoms with van der Waals surface area (Å²) in [6.07, 6.45) is 10.7. The second kappa shape index (κ2) is 4.45. The first kappa shape index (κ1) is 9.52. The largest absolute Gasteiger partial charge is 0.423 e. The van der Waals surface area contributed by atoms with E-state index < -0.39 is 0 Å². The van der Waals surface area contributed by atoms with Crippen LogP contribution in [0.3, 0.4) is 0 Å². The molecule has 0 amide bonds. The molecule has 1 aliphatic heterocycles. The van der Waals surface area contributed by atoms with Gasteiger partial charge >= 0.3 is 5.97 Å². The van der Waals surface area contributed by atoms with Gasteiger partial charge in [0.25, 0.3) is 0 Å². The van der Waals surface area contributed by atoms with Gasteiger partial charge < -0.3 is 4.74 Å². The molecule has 0 unspecified atom stereocenters. The monoisotopic (exact) mass is 176 g/mol. The fraction of sp³-hybridized carbons (Fsp3) is 0.182. The van der Waals surface area contributed by atoms with E-state index in [-0.39, 0.29) is 5.97 Å². The number of allylic oxidation sites excluding steroid dienone is 5. The van der Waals surface area contributed by atoms with Gasteiger partial charge in [0.05, 0.1) is 5.57 Å². The van der Waals surface area contributed by atoms with Gasteiger partial charge in [-0.1, -0.05) is 24.3 Å². The van der Waals surface area contributed by atoms with Crippen LogP contribution < -0.4 is 0 Å². The lowest BCUT2D eigenvalue weighted by Crippen LogP contribution is -1.95. The van der Waals surface area contributed by atoms with Crippen LogP contribution in [0.15, 0.2) is 47.8 Å². The second-order valence-electron chi connectivity index (χ2n) is 2.58. The average Bonchev–Trinajstić information content (AvgIpc) is 2.45. The van der Waals surface area contributed by atoms with Crippen LogP contribution in [-0.4, -0.2) is 5.97 Å². The SMILES string of the molecule is C/C=C/C=C1C=C(/C=C/C)C(=O)O\1. The third-order valence-corrected chi connectivity index (χ3v) is 1.54. The molecular formula is C11H12O2. The van der Waals surface area contributed by atoms with E-state index in [1.54, 1.807) is 18.2 Å². The highest BCUT2D eigenvalue weighted by Crippen LogP contribution is 2.17. The number of cyclic esters (lactones) is 1. The summed E-state index contributed by atoms with van der Waals surface area (Å²) in [6.45, 7) is 3.77. The summed E-state index contributed by atoms with van der Waals surface area (Å²) >= 11 is 0. The van der Waals surface area contributed by atoms with Crippen molar-refractivity contribution in [2.24, 2.45) is 0 Å². The third kappa shape index (κ3) is 2.44. The van der Waals surface area contributed by atoms with E-state index in [1.807, 2.05) is 32.1 Å². The van der Waals surface area contributed by atoms with Gasteiger partial charge in [-0.05, 0) is 26.0 Å². The molecule has 0 aromatic heterocycles. The van der Waals surface area contributed by atoms with E-state index in [1.165, 1.54) is 0 Å². The van der Waals surface area contributed by atoms with Crippen molar-refractivity contribution in [3.05, 3.63) is 47.8 Å². The quantitative estimate of drug-likeness (QED) is 0.604. The Balaban J connectivity index is 2.82. The van der Waals surface area contributed by atoms with Gasteiger partial charge in [-0.2, -0.15) is 0 Å². The number of hydrogen-bond donors (Lipinski definition) is 0. The minimum atomic E-state index is -0.283. The Labute approximate surface area is 77.9 Å². The van der Waals surface area contributed by atoms with Gasteiger partial charge in [-0.3, -0.25) is 0 Å². The standard InChI is InChI=1S/C11H12O2/c1-3-5-7-10-8-9(6-4-2)11(12)13-10/h3-8H,1-2H3/b5-3+,6-4+,10-7+. The number of rotatable bonds is 2. The van der Waals surface area contributed by atoms with Crippen LogP contribution in [0.25, 0.3) is 0 Å². The van der Waals surface area contributed by atoms with Crippen LogP contribution >= 0.6 is 0 Å². The highest BCUT2D eigenvalue weighted by atomic mass is 16.5. The van der Waals surface area contributed by atoms with Gasteiger partial charge in [0.2, 0.25) is 0 Å². The topological polar surface area (TPSA) is 26.3 Å². The van der Waals surface area contributed by atoms with Crippen LogP contribution in [0, 0.1) is 0 Å². The molecule has 0 bridgehead atoms. The van der Waals surface area contributed by atoms with Crippen LogP contribution in [0.5, 0.6) is 0 Å². The lowest BCUT2D eigenvalue weighted by Gasteiger charge is -1.91. The Morgan fingerprint density at radius 2 is 2.08 bits per heavy atom. The van der Waals surface area contributed by atoms with Crippen molar-refractivity contribution in [3.63, 3.8) is 0 Å². The Bertz CT molecular complexity index is 317. The Morgan fingerprint density at radius 3 is 2.69 bits per heavy atom. The first-order chi connectivity index (χ1) is 6.27. The molecule has 0 N–H and O–H groups in total. The van der Waals surface area contributed by atoms with E-state index >= 15 is 0 Å². The van der Waals surface area contributed by atoms with Crippen molar-refractivity contribution < 1.29 is 9.53 Å². The lowest BCUT2D eigenvalue weighted by molar-refractivity contribution is -0.132. The summed E-state index contributed by atoms with van der Waals surface area (Å²) < 4.78 is 4.96. The van der Waals surface area contributed by atoms with Crippen LogP contribution in [0.2, 0.25) is 0 Å². The van der Waals surface area contributed by atoms with Crippen LogP contribution in [0.4, 0.5) is 0 Å². The number of carbonyl (C=O) groups is 1. The Kier molecular flexibility index (Phi) is 3.26. The molecule has 0 saturated carbocycles. The minimum absolute atomic E-state index is 0.283. The predicted molar refractivity (Wildman–Crippen MR) is 51.9 cm³/mol. The van der Waals surface area contributed by atoms with E-state index in [0.717, 1.165) is 0 Å².